The first kappa shape index (κ1) is 14.5. The molecule has 6 heteroatoms. The monoisotopic (exact) mass is 289 g/mol. The normalized spacial score (nSPS) is 10.5. The van der Waals surface area contributed by atoms with Gasteiger partial charge in [-0.15, -0.1) is 5.10 Å². The second-order valence-corrected chi connectivity index (χ2v) is 5.17. The number of aryl methyl sites for hydroxylation is 2. The molecule has 104 valence electrons. The summed E-state index contributed by atoms with van der Waals surface area (Å²) >= 11 is 1.32. The molecule has 0 bridgehead atoms. The molecule has 1 aromatic carbocycles. The number of carboxylic acids is 1. The van der Waals surface area contributed by atoms with Crippen LogP contribution in [0.5, 0.6) is 0 Å². The summed E-state index contributed by atoms with van der Waals surface area (Å²) in [6, 6.07) is 6.71. The maximum Gasteiger partial charge on any atom is 0.335 e. The minimum atomic E-state index is -0.943. The molecule has 0 radical (unpaired) electrons. The Morgan fingerprint density at radius 2 is 1.95 bits per heavy atom. The Bertz CT molecular complexity index is 632. The highest BCUT2D eigenvalue weighted by atomic mass is 32.2. The van der Waals surface area contributed by atoms with Crippen LogP contribution >= 0.6 is 11.8 Å². The molecular weight excluding hydrogens is 274 g/mol. The lowest BCUT2D eigenvalue weighted by molar-refractivity contribution is 0.0696. The molecule has 5 nitrogen and oxygen atoms in total. The smallest absolute Gasteiger partial charge is 0.335 e. The van der Waals surface area contributed by atoms with Crippen molar-refractivity contribution in [2.24, 2.45) is 0 Å². The molecule has 0 aliphatic rings. The summed E-state index contributed by atoms with van der Waals surface area (Å²) in [6.07, 6.45) is 1.62. The molecule has 1 N–H and O–H groups in total. The second kappa shape index (κ2) is 6.47. The van der Waals surface area contributed by atoms with Crippen LogP contribution in [-0.4, -0.2) is 26.3 Å². The molecule has 0 unspecified atom stereocenters. The first-order chi connectivity index (χ1) is 9.63. The summed E-state index contributed by atoms with van der Waals surface area (Å²) in [7, 11) is 0. The van der Waals surface area contributed by atoms with Crippen molar-refractivity contribution in [1.29, 1.82) is 0 Å². The van der Waals surface area contributed by atoms with Crippen molar-refractivity contribution in [1.82, 2.24) is 15.2 Å². The summed E-state index contributed by atoms with van der Waals surface area (Å²) in [6.45, 7) is 4.05. The van der Waals surface area contributed by atoms with Crippen molar-refractivity contribution in [3.8, 4) is 0 Å². The fraction of sp³-hybridized carbons (Fsp3) is 0.286. The van der Waals surface area contributed by atoms with Gasteiger partial charge >= 0.3 is 5.97 Å². The van der Waals surface area contributed by atoms with Gasteiger partial charge in [-0.2, -0.15) is 5.10 Å². The number of benzene rings is 1. The molecule has 0 atom stereocenters. The summed E-state index contributed by atoms with van der Waals surface area (Å²) in [4.78, 5) is 16.2. The van der Waals surface area contributed by atoms with Gasteiger partial charge in [-0.05, 0) is 42.8 Å². The number of rotatable bonds is 5. The Morgan fingerprint density at radius 1 is 1.20 bits per heavy atom. The molecule has 0 aliphatic heterocycles. The van der Waals surface area contributed by atoms with Gasteiger partial charge in [0.25, 0.3) is 0 Å². The second-order valence-electron chi connectivity index (χ2n) is 4.13. The van der Waals surface area contributed by atoms with Crippen molar-refractivity contribution in [2.75, 3.05) is 0 Å². The average Bonchev–Trinajstić information content (AvgIpc) is 2.47. The third-order valence-electron chi connectivity index (χ3n) is 2.78. The van der Waals surface area contributed by atoms with Gasteiger partial charge in [0.05, 0.1) is 17.0 Å². The van der Waals surface area contributed by atoms with E-state index in [0.717, 1.165) is 29.1 Å². The number of carboxylic acid groups (broad SMARTS) is 1. The minimum absolute atomic E-state index is 0.254. The van der Waals surface area contributed by atoms with Crippen molar-refractivity contribution in [3.05, 3.63) is 41.2 Å². The van der Waals surface area contributed by atoms with Crippen molar-refractivity contribution >= 4 is 17.7 Å². The summed E-state index contributed by atoms with van der Waals surface area (Å²) < 4.78 is 0. The van der Waals surface area contributed by atoms with Crippen molar-refractivity contribution in [3.63, 3.8) is 0 Å². The maximum absolute atomic E-state index is 10.9. The van der Waals surface area contributed by atoms with Gasteiger partial charge in [0.1, 0.15) is 0 Å². The highest BCUT2D eigenvalue weighted by molar-refractivity contribution is 7.99. The molecular formula is C14H15N3O2S. The lowest BCUT2D eigenvalue weighted by atomic mass is 10.2. The highest BCUT2D eigenvalue weighted by Crippen LogP contribution is 2.25. The zero-order valence-electron chi connectivity index (χ0n) is 11.3. The summed E-state index contributed by atoms with van der Waals surface area (Å²) in [5, 5.41) is 17.8. The van der Waals surface area contributed by atoms with Crippen molar-refractivity contribution in [2.45, 2.75) is 36.7 Å². The quantitative estimate of drug-likeness (QED) is 0.912. The third kappa shape index (κ3) is 3.33. The molecule has 2 aromatic rings. The minimum Gasteiger partial charge on any atom is -0.478 e. The molecule has 0 spiro atoms. The van der Waals surface area contributed by atoms with E-state index in [2.05, 4.69) is 15.2 Å². The molecule has 0 saturated heterocycles. The molecule has 0 aliphatic carbocycles. The number of aromatic nitrogens is 3. The largest absolute Gasteiger partial charge is 0.478 e. The van der Waals surface area contributed by atoms with E-state index in [0.29, 0.717) is 5.16 Å². The Kier molecular flexibility index (Phi) is 4.68. The predicted molar refractivity (Wildman–Crippen MR) is 76.1 cm³/mol. The molecule has 1 aromatic heterocycles. The van der Waals surface area contributed by atoms with Crippen LogP contribution in [0.1, 0.15) is 35.6 Å². The summed E-state index contributed by atoms with van der Waals surface area (Å²) in [5.74, 6) is -0.943. The summed E-state index contributed by atoms with van der Waals surface area (Å²) in [5.41, 5.74) is 2.11. The Labute approximate surface area is 121 Å². The lowest BCUT2D eigenvalue weighted by Crippen LogP contribution is -2.03. The average molecular weight is 289 g/mol. The number of nitrogens with zero attached hydrogens (tertiary/aromatic N) is 3. The van der Waals surface area contributed by atoms with E-state index < -0.39 is 5.97 Å². The Hall–Kier alpha value is -1.95. The fourth-order valence-corrected chi connectivity index (χ4v) is 2.54. The van der Waals surface area contributed by atoms with Gasteiger partial charge in [-0.3, -0.25) is 0 Å². The Morgan fingerprint density at radius 3 is 2.60 bits per heavy atom. The Balaban J connectivity index is 2.25. The standard InChI is InChI=1S/C14H15N3O2S/c1-3-11-12(4-2)16-17-14(15-11)20-10-7-5-6-9(8-10)13(18)19/h5-8H,3-4H2,1-2H3,(H,18,19). The fourth-order valence-electron chi connectivity index (χ4n) is 1.76. The number of hydrogen-bond donors (Lipinski definition) is 1. The first-order valence-electron chi connectivity index (χ1n) is 6.37. The number of carbonyl (C=O) groups is 1. The van der Waals surface area contributed by atoms with Crippen LogP contribution < -0.4 is 0 Å². The van der Waals surface area contributed by atoms with Crippen LogP contribution in [0.15, 0.2) is 34.3 Å². The van der Waals surface area contributed by atoms with Gasteiger partial charge in [0.2, 0.25) is 5.16 Å². The van der Waals surface area contributed by atoms with E-state index in [9.17, 15) is 4.79 Å². The third-order valence-corrected chi connectivity index (χ3v) is 3.63. The van der Waals surface area contributed by atoms with E-state index in [-0.39, 0.29) is 5.56 Å². The van der Waals surface area contributed by atoms with Gasteiger partial charge in [-0.1, -0.05) is 19.9 Å². The maximum atomic E-state index is 10.9. The lowest BCUT2D eigenvalue weighted by Gasteiger charge is -2.05. The first-order valence-corrected chi connectivity index (χ1v) is 7.19. The zero-order valence-corrected chi connectivity index (χ0v) is 12.1. The van der Waals surface area contributed by atoms with Crippen LogP contribution in [0.3, 0.4) is 0 Å². The molecule has 2 rings (SSSR count). The van der Waals surface area contributed by atoms with E-state index in [1.807, 2.05) is 19.9 Å². The molecule has 1 heterocycles. The van der Waals surface area contributed by atoms with E-state index in [1.54, 1.807) is 18.2 Å². The van der Waals surface area contributed by atoms with E-state index >= 15 is 0 Å². The molecule has 0 amide bonds. The van der Waals surface area contributed by atoms with Crippen LogP contribution in [0.25, 0.3) is 0 Å². The predicted octanol–water partition coefficient (Wildman–Crippen LogP) is 2.85. The van der Waals surface area contributed by atoms with Gasteiger partial charge in [-0.25, -0.2) is 9.78 Å². The highest BCUT2D eigenvalue weighted by Gasteiger charge is 2.09. The number of hydrogen-bond acceptors (Lipinski definition) is 5. The van der Waals surface area contributed by atoms with Gasteiger partial charge < -0.3 is 5.11 Å². The van der Waals surface area contributed by atoms with Crippen LogP contribution in [0.4, 0.5) is 0 Å². The van der Waals surface area contributed by atoms with Crippen molar-refractivity contribution < 1.29 is 9.90 Å². The molecule has 0 saturated carbocycles. The van der Waals surface area contributed by atoms with Gasteiger partial charge in [0.15, 0.2) is 0 Å². The number of aromatic carboxylic acids is 1. The zero-order chi connectivity index (χ0) is 14.5. The van der Waals surface area contributed by atoms with Gasteiger partial charge in [0, 0.05) is 4.90 Å². The van der Waals surface area contributed by atoms with Crippen LogP contribution in [0, 0.1) is 0 Å². The van der Waals surface area contributed by atoms with E-state index in [4.69, 9.17) is 5.11 Å². The van der Waals surface area contributed by atoms with E-state index in [1.165, 1.54) is 11.8 Å². The van der Waals surface area contributed by atoms with Crippen LogP contribution in [-0.2, 0) is 12.8 Å². The topological polar surface area (TPSA) is 76.0 Å². The SMILES string of the molecule is CCc1nnc(Sc2cccc(C(=O)O)c2)nc1CC. The molecule has 0 fully saturated rings. The molecule has 20 heavy (non-hydrogen) atoms. The van der Waals surface area contributed by atoms with Crippen LogP contribution in [0.2, 0.25) is 0 Å².